The van der Waals surface area contributed by atoms with Crippen molar-refractivity contribution in [3.63, 3.8) is 0 Å². The Balaban J connectivity index is 1.39. The van der Waals surface area contributed by atoms with Crippen molar-refractivity contribution < 1.29 is 13.9 Å². The minimum atomic E-state index is -0.567. The summed E-state index contributed by atoms with van der Waals surface area (Å²) in [5.74, 6) is 0.373. The second-order valence-corrected chi connectivity index (χ2v) is 9.00. The molecule has 1 N–H and O–H groups in total. The van der Waals surface area contributed by atoms with Crippen LogP contribution in [0.2, 0.25) is 0 Å². The van der Waals surface area contributed by atoms with E-state index in [0.717, 1.165) is 27.7 Å². The van der Waals surface area contributed by atoms with Gasteiger partial charge in [0, 0.05) is 53.8 Å². The van der Waals surface area contributed by atoms with Gasteiger partial charge in [-0.05, 0) is 74.4 Å². The summed E-state index contributed by atoms with van der Waals surface area (Å²) in [6.45, 7) is 5.72. The van der Waals surface area contributed by atoms with E-state index in [4.69, 9.17) is 4.74 Å². The number of amides is 1. The predicted molar refractivity (Wildman–Crippen MR) is 140 cm³/mol. The number of nitrogens with one attached hydrogen (secondary N) is 1. The molecule has 0 saturated heterocycles. The van der Waals surface area contributed by atoms with E-state index in [2.05, 4.69) is 20.4 Å². The number of aryl methyl sites for hydroxylation is 3. The quantitative estimate of drug-likeness (QED) is 0.300. The molecule has 8 heteroatoms. The van der Waals surface area contributed by atoms with Crippen molar-refractivity contribution >= 4 is 16.8 Å². The molecule has 0 aliphatic carbocycles. The lowest BCUT2D eigenvalue weighted by atomic mass is 10.0. The molecule has 0 fully saturated rings. The van der Waals surface area contributed by atoms with E-state index in [0.29, 0.717) is 33.9 Å². The number of halogens is 1. The maximum absolute atomic E-state index is 13.6. The fraction of sp³-hybridized carbons (Fsp3) is 0.172. The smallest absolute Gasteiger partial charge is 0.251 e. The van der Waals surface area contributed by atoms with Gasteiger partial charge >= 0.3 is 0 Å². The Morgan fingerprint density at radius 1 is 1.05 bits per heavy atom. The lowest BCUT2D eigenvalue weighted by Crippen LogP contribution is -2.24. The van der Waals surface area contributed by atoms with E-state index in [1.54, 1.807) is 36.0 Å². The Morgan fingerprint density at radius 2 is 1.89 bits per heavy atom. The Morgan fingerprint density at radius 3 is 2.65 bits per heavy atom. The van der Waals surface area contributed by atoms with Gasteiger partial charge in [0.25, 0.3) is 5.91 Å². The van der Waals surface area contributed by atoms with Gasteiger partial charge < -0.3 is 10.1 Å². The number of carbonyl (C=O) groups excluding carboxylic acids is 1. The molecule has 0 atom stereocenters. The van der Waals surface area contributed by atoms with E-state index in [1.807, 2.05) is 57.4 Å². The highest BCUT2D eigenvalue weighted by Crippen LogP contribution is 2.34. The van der Waals surface area contributed by atoms with Crippen LogP contribution in [0, 0.1) is 26.7 Å². The van der Waals surface area contributed by atoms with Crippen LogP contribution in [0.5, 0.6) is 11.5 Å². The number of fused-ring (bicyclic) bond motifs is 1. The van der Waals surface area contributed by atoms with Crippen LogP contribution in [0.25, 0.3) is 22.0 Å². The summed E-state index contributed by atoms with van der Waals surface area (Å²) < 4.78 is 21.7. The molecule has 3 heterocycles. The van der Waals surface area contributed by atoms with Crippen molar-refractivity contribution in [1.82, 2.24) is 25.1 Å². The number of nitrogens with zero attached hydrogens (tertiary/aromatic N) is 4. The van der Waals surface area contributed by atoms with Crippen molar-refractivity contribution in [1.29, 1.82) is 0 Å². The molecule has 0 unspecified atom stereocenters. The third-order valence-corrected chi connectivity index (χ3v) is 6.21. The first-order valence-electron chi connectivity index (χ1n) is 11.9. The average Bonchev–Trinajstić information content (AvgIpc) is 3.20. The molecule has 0 aliphatic rings. The zero-order chi connectivity index (χ0) is 26.1. The molecule has 0 radical (unpaired) electrons. The Hall–Kier alpha value is -4.59. The van der Waals surface area contributed by atoms with Crippen LogP contribution in [0.4, 0.5) is 4.39 Å². The van der Waals surface area contributed by atoms with Crippen LogP contribution in [-0.2, 0) is 13.6 Å². The number of hydrogen-bond acceptors (Lipinski definition) is 5. The number of hydrogen-bond donors (Lipinski definition) is 1. The predicted octanol–water partition coefficient (Wildman–Crippen LogP) is 5.82. The van der Waals surface area contributed by atoms with Crippen molar-refractivity contribution in [2.24, 2.45) is 7.05 Å². The normalized spacial score (nSPS) is 11.1. The second-order valence-electron chi connectivity index (χ2n) is 9.00. The third-order valence-electron chi connectivity index (χ3n) is 6.21. The number of carbonyl (C=O) groups is 1. The van der Waals surface area contributed by atoms with E-state index >= 15 is 0 Å². The molecule has 186 valence electrons. The van der Waals surface area contributed by atoms with Crippen LogP contribution in [-0.4, -0.2) is 25.7 Å². The van der Waals surface area contributed by atoms with Crippen molar-refractivity contribution in [3.8, 4) is 22.6 Å². The minimum absolute atomic E-state index is 0.192. The van der Waals surface area contributed by atoms with Crippen molar-refractivity contribution in [3.05, 3.63) is 101 Å². The standard InChI is InChI=1S/C29H26FN5O2/c1-17-12-20(13-28(30)33-17)15-32-29(36)22-6-5-7-26(18(22)2)37-27-10-11-31-25-14-21(8-9-23(25)27)24-16-35(4)34-19(24)3/h5-14,16H,15H2,1-4H3,(H,32,36). The molecule has 0 spiro atoms. The molecular weight excluding hydrogens is 469 g/mol. The third kappa shape index (κ3) is 5.04. The van der Waals surface area contributed by atoms with Gasteiger partial charge in [-0.1, -0.05) is 12.1 Å². The zero-order valence-corrected chi connectivity index (χ0v) is 21.0. The Labute approximate surface area is 214 Å². The lowest BCUT2D eigenvalue weighted by molar-refractivity contribution is 0.0950. The van der Waals surface area contributed by atoms with Crippen LogP contribution in [0.15, 0.2) is 67.0 Å². The molecule has 2 aromatic carbocycles. The highest BCUT2D eigenvalue weighted by molar-refractivity contribution is 5.96. The molecule has 3 aromatic heterocycles. The molecule has 0 bridgehead atoms. The minimum Gasteiger partial charge on any atom is -0.456 e. The number of benzene rings is 2. The van der Waals surface area contributed by atoms with Gasteiger partial charge in [0.2, 0.25) is 5.95 Å². The highest BCUT2D eigenvalue weighted by atomic mass is 19.1. The monoisotopic (exact) mass is 495 g/mol. The molecule has 37 heavy (non-hydrogen) atoms. The molecule has 5 rings (SSSR count). The lowest BCUT2D eigenvalue weighted by Gasteiger charge is -2.14. The fourth-order valence-corrected chi connectivity index (χ4v) is 4.43. The summed E-state index contributed by atoms with van der Waals surface area (Å²) >= 11 is 0. The summed E-state index contributed by atoms with van der Waals surface area (Å²) in [5, 5.41) is 8.14. The summed E-state index contributed by atoms with van der Waals surface area (Å²) in [6, 6.07) is 16.2. The van der Waals surface area contributed by atoms with Gasteiger partial charge in [0.1, 0.15) is 11.5 Å². The van der Waals surface area contributed by atoms with E-state index in [9.17, 15) is 9.18 Å². The van der Waals surface area contributed by atoms with Gasteiger partial charge in [0.05, 0.1) is 11.2 Å². The van der Waals surface area contributed by atoms with E-state index in [-0.39, 0.29) is 12.5 Å². The first-order chi connectivity index (χ1) is 17.8. The Bertz CT molecular complexity index is 1620. The highest BCUT2D eigenvalue weighted by Gasteiger charge is 2.15. The second kappa shape index (κ2) is 9.81. The van der Waals surface area contributed by atoms with Crippen molar-refractivity contribution in [2.45, 2.75) is 27.3 Å². The van der Waals surface area contributed by atoms with E-state index < -0.39 is 5.95 Å². The molecule has 1 amide bonds. The van der Waals surface area contributed by atoms with Gasteiger partial charge in [-0.2, -0.15) is 9.49 Å². The van der Waals surface area contributed by atoms with Gasteiger partial charge in [-0.25, -0.2) is 4.98 Å². The maximum atomic E-state index is 13.6. The van der Waals surface area contributed by atoms with Crippen LogP contribution in [0.1, 0.15) is 32.9 Å². The number of ether oxygens (including phenoxy) is 1. The molecule has 7 nitrogen and oxygen atoms in total. The van der Waals surface area contributed by atoms with Crippen molar-refractivity contribution in [2.75, 3.05) is 0 Å². The Kier molecular flexibility index (Phi) is 6.40. The zero-order valence-electron chi connectivity index (χ0n) is 21.0. The summed E-state index contributed by atoms with van der Waals surface area (Å²) in [7, 11) is 1.90. The van der Waals surface area contributed by atoms with Gasteiger partial charge in [-0.15, -0.1) is 0 Å². The number of aromatic nitrogens is 4. The first-order valence-corrected chi connectivity index (χ1v) is 11.9. The molecule has 0 saturated carbocycles. The van der Waals surface area contributed by atoms with Crippen LogP contribution in [0.3, 0.4) is 0 Å². The summed E-state index contributed by atoms with van der Waals surface area (Å²) in [6.07, 6.45) is 3.70. The maximum Gasteiger partial charge on any atom is 0.251 e. The van der Waals surface area contributed by atoms with E-state index in [1.165, 1.54) is 6.07 Å². The van der Waals surface area contributed by atoms with Gasteiger partial charge in [-0.3, -0.25) is 14.5 Å². The summed E-state index contributed by atoms with van der Waals surface area (Å²) in [4.78, 5) is 21.2. The largest absolute Gasteiger partial charge is 0.456 e. The van der Waals surface area contributed by atoms with Crippen LogP contribution < -0.4 is 10.1 Å². The molecular formula is C29H26FN5O2. The number of pyridine rings is 2. The fourth-order valence-electron chi connectivity index (χ4n) is 4.43. The summed E-state index contributed by atoms with van der Waals surface area (Å²) in [5.41, 5.74) is 6.21. The van der Waals surface area contributed by atoms with Crippen LogP contribution >= 0.6 is 0 Å². The average molecular weight is 496 g/mol. The SMILES string of the molecule is Cc1cc(CNC(=O)c2cccc(Oc3ccnc4cc(-c5cn(C)nc5C)ccc34)c2C)cc(F)n1. The molecule has 0 aliphatic heterocycles. The topological polar surface area (TPSA) is 81.9 Å². The molecule has 5 aromatic rings. The number of rotatable bonds is 6. The first kappa shape index (κ1) is 24.1. The van der Waals surface area contributed by atoms with Gasteiger partial charge in [0.15, 0.2) is 0 Å².